The van der Waals surface area contributed by atoms with E-state index in [9.17, 15) is 44.7 Å². The van der Waals surface area contributed by atoms with Crippen LogP contribution in [0.5, 0.6) is 0 Å². The predicted molar refractivity (Wildman–Crippen MR) is 206 cm³/mol. The van der Waals surface area contributed by atoms with Gasteiger partial charge in [-0.3, -0.25) is 13.7 Å². The first kappa shape index (κ1) is 57.7. The summed E-state index contributed by atoms with van der Waals surface area (Å²) in [5.41, 5.74) is -0.530. The fourth-order valence-corrected chi connectivity index (χ4v) is 7.34. The van der Waals surface area contributed by atoms with E-state index in [1.165, 1.54) is 54.6 Å². The van der Waals surface area contributed by atoms with Gasteiger partial charge in [-0.25, -0.2) is 24.5 Å². The molecule has 0 spiro atoms. The average molecular weight is 997 g/mol. The van der Waals surface area contributed by atoms with E-state index >= 15 is 0 Å². The van der Waals surface area contributed by atoms with Gasteiger partial charge in [0, 0.05) is 50.3 Å². The fraction of sp³-hybridized carbons (Fsp3) is 0. The Morgan fingerprint density at radius 1 is 0.475 bits per heavy atom. The molecule has 6 rings (SSSR count). The second kappa shape index (κ2) is 22.4. The Hall–Kier alpha value is -3.42. The Morgan fingerprint density at radius 2 is 0.712 bits per heavy atom. The van der Waals surface area contributed by atoms with E-state index in [1.54, 1.807) is 0 Å². The van der Waals surface area contributed by atoms with Crippen molar-refractivity contribution in [1.29, 1.82) is 0 Å². The molecule has 0 saturated heterocycles. The maximum absolute atomic E-state index is 11.2. The van der Waals surface area contributed by atoms with Crippen LogP contribution in [0, 0.1) is 0 Å². The molecule has 11 N–H and O–H groups in total. The van der Waals surface area contributed by atoms with E-state index in [1.807, 2.05) is 0 Å². The molecule has 3 aromatic carbocycles. The molecule has 0 aliphatic heterocycles. The number of aromatic carboxylic acids is 3. The Bertz CT molecular complexity index is 2590. The monoisotopic (exact) mass is 995 g/mol. The number of carbonyl (C=O) groups excluding carboxylic acids is 1. The van der Waals surface area contributed by atoms with Gasteiger partial charge in [0.05, 0.1) is 28.2 Å². The third-order valence-electron chi connectivity index (χ3n) is 6.87. The van der Waals surface area contributed by atoms with Crippen molar-refractivity contribution in [3.8, 4) is 0 Å². The van der Waals surface area contributed by atoms with Gasteiger partial charge in [0.1, 0.15) is 26.1 Å². The van der Waals surface area contributed by atoms with Crippen LogP contribution < -0.4 is 34.7 Å². The molecule has 0 aliphatic carbocycles. The summed E-state index contributed by atoms with van der Waals surface area (Å²) < 4.78 is 94.1. The molecule has 0 aliphatic rings. The van der Waals surface area contributed by atoms with Crippen LogP contribution in [0.1, 0.15) is 31.5 Å². The molecule has 0 atom stereocenters. The first-order chi connectivity index (χ1) is 24.9. The molecule has 0 amide bonds. The van der Waals surface area contributed by atoms with Crippen molar-refractivity contribution in [3.05, 3.63) is 89.9 Å². The second-order valence-corrected chi connectivity index (χ2v) is 16.0. The smallest absolute Gasteiger partial charge is 0.543 e. The number of carboxylic acid groups (broad SMARTS) is 3. The van der Waals surface area contributed by atoms with Crippen molar-refractivity contribution in [2.45, 2.75) is 29.4 Å². The first-order valence-corrected chi connectivity index (χ1v) is 19.6. The summed E-state index contributed by atoms with van der Waals surface area (Å²) in [6.07, 6.45) is 0. The summed E-state index contributed by atoms with van der Waals surface area (Å²) in [5, 5.41) is 28.6. The van der Waals surface area contributed by atoms with Crippen LogP contribution in [-0.4, -0.2) is 98.4 Å². The minimum Gasteiger partial charge on any atom is -0.543 e. The minimum absolute atomic E-state index is 0. The number of benzene rings is 3. The molecule has 0 bridgehead atoms. The summed E-state index contributed by atoms with van der Waals surface area (Å²) in [6, 6.07) is 14.7. The van der Waals surface area contributed by atoms with Gasteiger partial charge in [-0.1, -0.05) is 0 Å². The number of pyridine rings is 3. The van der Waals surface area contributed by atoms with E-state index in [-0.39, 0.29) is 130 Å². The third-order valence-corrected chi connectivity index (χ3v) is 10.7. The normalized spacial score (nSPS) is 10.7. The largest absolute Gasteiger partial charge is 1.00 e. The van der Waals surface area contributed by atoms with Gasteiger partial charge in [-0.15, -0.1) is 37.9 Å². The molecular formula is C30H26N3NaO18S6Zn. The standard InChI is InChI=1S/3C10H7NO5S2.Na.3H2O.Zn/c3*12-10(13)6-2-1-5-8(18(14,15)16)4-3-7(17)9(5)11-6;;;;;/h3*1-4,17H,(H,12,13)(H,14,15,16);;3*1H2;/q;;;+1;;;;/p-1. The van der Waals surface area contributed by atoms with Crippen molar-refractivity contribution in [2.75, 3.05) is 0 Å². The summed E-state index contributed by atoms with van der Waals surface area (Å²) in [4.78, 5) is 43.5. The SMILES string of the molecule is O.O.O.O=C(O)c1ccc2c(S(=O)(=O)O)ccc(S)c2n1.O=C(O)c1ccc2c(S(=O)(=O)O)ccc(S)c2n1.O=C([O-])c1ccc2c(S(=O)(=O)O)ccc(S)c2n1.[Na+].[Zn]. The van der Waals surface area contributed by atoms with Crippen molar-refractivity contribution < 1.29 is 134 Å². The second-order valence-electron chi connectivity index (χ2n) is 10.3. The number of rotatable bonds is 6. The summed E-state index contributed by atoms with van der Waals surface area (Å²) in [6.45, 7) is 0. The van der Waals surface area contributed by atoms with Crippen LogP contribution >= 0.6 is 37.9 Å². The van der Waals surface area contributed by atoms with Crippen molar-refractivity contribution in [1.82, 2.24) is 15.0 Å². The number of hydrogen-bond acceptors (Lipinski definition) is 16. The van der Waals surface area contributed by atoms with Gasteiger partial charge >= 0.3 is 41.5 Å². The van der Waals surface area contributed by atoms with Gasteiger partial charge in [0.25, 0.3) is 30.4 Å². The molecule has 21 nitrogen and oxygen atoms in total. The first-order valence-electron chi connectivity index (χ1n) is 13.9. The number of aromatic nitrogens is 3. The zero-order chi connectivity index (χ0) is 40.5. The van der Waals surface area contributed by atoms with Crippen LogP contribution in [0.2, 0.25) is 0 Å². The number of nitrogens with zero attached hydrogens (tertiary/aromatic N) is 3. The molecular weight excluding hydrogens is 971 g/mol. The van der Waals surface area contributed by atoms with E-state index in [2.05, 4.69) is 52.8 Å². The number of thiol groups is 3. The molecule has 6 aromatic rings. The van der Waals surface area contributed by atoms with Crippen LogP contribution in [-0.2, 0) is 49.8 Å². The Labute approximate surface area is 383 Å². The topological polar surface area (TPSA) is 411 Å². The van der Waals surface area contributed by atoms with Gasteiger partial charge in [-0.05, 0) is 72.8 Å². The molecule has 0 unspecified atom stereocenters. The predicted octanol–water partition coefficient (Wildman–Crippen LogP) is -2.40. The molecule has 29 heteroatoms. The molecule has 3 heterocycles. The maximum Gasteiger partial charge on any atom is 1.00 e. The zero-order valence-electron chi connectivity index (χ0n) is 29.4. The number of carboxylic acids is 3. The molecule has 59 heavy (non-hydrogen) atoms. The van der Waals surface area contributed by atoms with E-state index < -0.39 is 48.3 Å². The zero-order valence-corrected chi connectivity index (χ0v) is 39.5. The average Bonchev–Trinajstić information content (AvgIpc) is 3.07. The maximum atomic E-state index is 11.2. The summed E-state index contributed by atoms with van der Waals surface area (Å²) in [7, 11) is -13.2. The van der Waals surface area contributed by atoms with Gasteiger partial charge in [0.2, 0.25) is 0 Å². The number of fused-ring (bicyclic) bond motifs is 3. The molecule has 0 radical (unpaired) electrons. The van der Waals surface area contributed by atoms with Gasteiger partial charge < -0.3 is 36.5 Å². The van der Waals surface area contributed by atoms with Gasteiger partial charge in [0.15, 0.2) is 0 Å². The van der Waals surface area contributed by atoms with Crippen LogP contribution in [0.4, 0.5) is 0 Å². The van der Waals surface area contributed by atoms with Crippen LogP contribution in [0.25, 0.3) is 32.7 Å². The van der Waals surface area contributed by atoms with E-state index in [0.717, 1.165) is 18.2 Å². The van der Waals surface area contributed by atoms with Gasteiger partial charge in [-0.2, -0.15) is 25.3 Å². The number of carbonyl (C=O) groups is 3. The number of hydrogen-bond donors (Lipinski definition) is 8. The van der Waals surface area contributed by atoms with Crippen LogP contribution in [0.15, 0.2) is 102 Å². The molecule has 0 fully saturated rings. The van der Waals surface area contributed by atoms with Crippen molar-refractivity contribution >= 4 is 119 Å². The van der Waals surface area contributed by atoms with E-state index in [0.29, 0.717) is 14.7 Å². The summed E-state index contributed by atoms with van der Waals surface area (Å²) >= 11 is 12.2. The van der Waals surface area contributed by atoms with Crippen molar-refractivity contribution in [3.63, 3.8) is 0 Å². The fourth-order valence-electron chi connectivity index (χ4n) is 4.56. The Morgan fingerprint density at radius 3 is 0.932 bits per heavy atom. The van der Waals surface area contributed by atoms with E-state index in [4.69, 9.17) is 23.9 Å². The molecule has 3 aromatic heterocycles. The summed E-state index contributed by atoms with van der Waals surface area (Å²) in [5.74, 6) is -3.95. The van der Waals surface area contributed by atoms with Crippen molar-refractivity contribution in [2.24, 2.45) is 0 Å². The van der Waals surface area contributed by atoms with Crippen LogP contribution in [0.3, 0.4) is 0 Å². The minimum atomic E-state index is -4.42. The molecule has 308 valence electrons. The molecule has 0 saturated carbocycles. The Kier molecular flexibility index (Phi) is 21.9. The quantitative estimate of drug-likeness (QED) is 0.0490. The Balaban J connectivity index is 0. The third kappa shape index (κ3) is 13.8.